The molecule has 1 saturated heterocycles. The maximum absolute atomic E-state index is 13.6. The molecule has 0 bridgehead atoms. The number of rotatable bonds is 9. The Bertz CT molecular complexity index is 861. The van der Waals surface area contributed by atoms with Crippen molar-refractivity contribution in [1.82, 2.24) is 0 Å². The van der Waals surface area contributed by atoms with Crippen LogP contribution in [0.5, 0.6) is 0 Å². The van der Waals surface area contributed by atoms with Gasteiger partial charge < -0.3 is 19.1 Å². The standard InChI is InChI=1S/C20H24Cl2NO4P/c1-4-26-28(24,27-5-2)19(17-11-8-15(21)12-18(17)22)23-16-9-6-14(7-10-16)20(3)13-25-20/h6-12,19,23H,4-5,13H2,1-3H3. The monoisotopic (exact) mass is 443 g/mol. The van der Waals surface area contributed by atoms with Gasteiger partial charge >= 0.3 is 7.60 Å². The Morgan fingerprint density at radius 3 is 2.25 bits per heavy atom. The number of ether oxygens (including phenoxy) is 1. The molecule has 28 heavy (non-hydrogen) atoms. The largest absolute Gasteiger partial charge is 0.368 e. The van der Waals surface area contributed by atoms with Crippen LogP contribution >= 0.6 is 30.8 Å². The maximum Gasteiger partial charge on any atom is 0.357 e. The molecule has 3 rings (SSSR count). The van der Waals surface area contributed by atoms with E-state index < -0.39 is 13.4 Å². The summed E-state index contributed by atoms with van der Waals surface area (Å²) in [5.41, 5.74) is 2.25. The molecule has 1 N–H and O–H groups in total. The van der Waals surface area contributed by atoms with Gasteiger partial charge in [0.15, 0.2) is 5.78 Å². The van der Waals surface area contributed by atoms with Gasteiger partial charge in [-0.15, -0.1) is 0 Å². The molecule has 0 aromatic heterocycles. The zero-order valence-corrected chi connectivity index (χ0v) is 18.5. The Kier molecular flexibility index (Phi) is 6.76. The lowest BCUT2D eigenvalue weighted by molar-refractivity contribution is 0.214. The second kappa shape index (κ2) is 8.74. The molecule has 5 nitrogen and oxygen atoms in total. The zero-order chi connectivity index (χ0) is 20.4. The average Bonchev–Trinajstić information content (AvgIpc) is 3.40. The molecule has 0 amide bonds. The minimum Gasteiger partial charge on any atom is -0.368 e. The number of benzene rings is 2. The zero-order valence-electron chi connectivity index (χ0n) is 16.1. The maximum atomic E-state index is 13.6. The number of halogens is 2. The highest BCUT2D eigenvalue weighted by atomic mass is 35.5. The summed E-state index contributed by atoms with van der Waals surface area (Å²) in [5.74, 6) is -0.782. The molecule has 2 aromatic rings. The van der Waals surface area contributed by atoms with Crippen LogP contribution in [0.2, 0.25) is 10.0 Å². The van der Waals surface area contributed by atoms with Crippen molar-refractivity contribution < 1.29 is 18.3 Å². The molecule has 1 aliphatic heterocycles. The van der Waals surface area contributed by atoms with Crippen molar-refractivity contribution in [3.8, 4) is 0 Å². The first-order valence-corrected chi connectivity index (χ1v) is 11.5. The highest BCUT2D eigenvalue weighted by molar-refractivity contribution is 7.54. The third-order valence-electron chi connectivity index (χ3n) is 4.57. The second-order valence-electron chi connectivity index (χ2n) is 6.68. The molecule has 1 heterocycles. The van der Waals surface area contributed by atoms with E-state index in [4.69, 9.17) is 37.0 Å². The Balaban J connectivity index is 1.96. The van der Waals surface area contributed by atoms with Crippen molar-refractivity contribution >= 4 is 36.5 Å². The van der Waals surface area contributed by atoms with E-state index in [2.05, 4.69) is 5.32 Å². The molecule has 0 saturated carbocycles. The van der Waals surface area contributed by atoms with Gasteiger partial charge in [-0.2, -0.15) is 0 Å². The Morgan fingerprint density at radius 1 is 1.14 bits per heavy atom. The highest BCUT2D eigenvalue weighted by Crippen LogP contribution is 2.61. The van der Waals surface area contributed by atoms with Crippen LogP contribution in [0, 0.1) is 0 Å². The first-order chi connectivity index (χ1) is 13.3. The minimum atomic E-state index is -3.55. The summed E-state index contributed by atoms with van der Waals surface area (Å²) in [4.78, 5) is 0. The summed E-state index contributed by atoms with van der Waals surface area (Å²) in [6.07, 6.45) is 0. The summed E-state index contributed by atoms with van der Waals surface area (Å²) in [6.45, 7) is 6.80. The van der Waals surface area contributed by atoms with E-state index >= 15 is 0 Å². The van der Waals surface area contributed by atoms with Crippen LogP contribution in [-0.4, -0.2) is 19.8 Å². The van der Waals surface area contributed by atoms with Crippen molar-refractivity contribution in [3.05, 3.63) is 63.6 Å². The Hall–Kier alpha value is -1.07. The van der Waals surface area contributed by atoms with Crippen LogP contribution in [0.4, 0.5) is 5.69 Å². The van der Waals surface area contributed by atoms with Crippen molar-refractivity contribution in [3.63, 3.8) is 0 Å². The van der Waals surface area contributed by atoms with Crippen LogP contribution in [0.15, 0.2) is 42.5 Å². The average molecular weight is 444 g/mol. The predicted molar refractivity (Wildman–Crippen MR) is 113 cm³/mol. The molecule has 2 unspecified atom stereocenters. The molecule has 2 aromatic carbocycles. The molecule has 152 valence electrons. The van der Waals surface area contributed by atoms with Crippen LogP contribution in [0.3, 0.4) is 0 Å². The van der Waals surface area contributed by atoms with E-state index in [1.54, 1.807) is 32.0 Å². The summed E-state index contributed by atoms with van der Waals surface area (Å²) >= 11 is 12.5. The predicted octanol–water partition coefficient (Wildman–Crippen LogP) is 6.62. The molecule has 2 atom stereocenters. The highest BCUT2D eigenvalue weighted by Gasteiger charge is 2.41. The SMILES string of the molecule is CCOP(=O)(OCC)C(Nc1ccc(C2(C)CO2)cc1)c1ccc(Cl)cc1Cl. The minimum absolute atomic E-state index is 0.205. The van der Waals surface area contributed by atoms with Crippen LogP contribution in [0.25, 0.3) is 0 Å². The molecule has 8 heteroatoms. The first kappa shape index (κ1) is 21.6. The van der Waals surface area contributed by atoms with E-state index in [0.717, 1.165) is 11.3 Å². The fourth-order valence-corrected chi connectivity index (χ4v) is 5.51. The van der Waals surface area contributed by atoms with Gasteiger partial charge in [-0.1, -0.05) is 41.4 Å². The van der Waals surface area contributed by atoms with Gasteiger partial charge in [0.25, 0.3) is 0 Å². The molecule has 1 fully saturated rings. The fraction of sp³-hybridized carbons (Fsp3) is 0.400. The van der Waals surface area contributed by atoms with Crippen LogP contribution in [0.1, 0.15) is 37.7 Å². The van der Waals surface area contributed by atoms with E-state index in [9.17, 15) is 4.57 Å². The second-order valence-corrected chi connectivity index (χ2v) is 9.64. The van der Waals surface area contributed by atoms with Crippen molar-refractivity contribution in [1.29, 1.82) is 0 Å². The van der Waals surface area contributed by atoms with E-state index in [1.165, 1.54) is 0 Å². The van der Waals surface area contributed by atoms with E-state index in [1.807, 2.05) is 31.2 Å². The van der Waals surface area contributed by atoms with Crippen LogP contribution < -0.4 is 5.32 Å². The quantitative estimate of drug-likeness (QED) is 0.348. The van der Waals surface area contributed by atoms with Gasteiger partial charge in [0, 0.05) is 21.3 Å². The number of hydrogen-bond acceptors (Lipinski definition) is 5. The number of hydrogen-bond donors (Lipinski definition) is 1. The van der Waals surface area contributed by atoms with Gasteiger partial charge in [-0.3, -0.25) is 4.57 Å². The Morgan fingerprint density at radius 2 is 1.75 bits per heavy atom. The summed E-state index contributed by atoms with van der Waals surface area (Å²) in [6, 6.07) is 12.9. The normalized spacial score (nSPS) is 20.0. The van der Waals surface area contributed by atoms with E-state index in [0.29, 0.717) is 22.2 Å². The van der Waals surface area contributed by atoms with Crippen molar-refractivity contribution in [2.24, 2.45) is 0 Å². The van der Waals surface area contributed by atoms with Gasteiger partial charge in [-0.05, 0) is 50.6 Å². The number of anilines is 1. The van der Waals surface area contributed by atoms with Crippen LogP contribution in [-0.2, 0) is 24.0 Å². The third-order valence-corrected chi connectivity index (χ3v) is 7.41. The first-order valence-electron chi connectivity index (χ1n) is 9.16. The van der Waals surface area contributed by atoms with E-state index in [-0.39, 0.29) is 18.8 Å². The molecule has 0 spiro atoms. The molecular formula is C20H24Cl2NO4P. The molecule has 1 aliphatic rings. The topological polar surface area (TPSA) is 60.1 Å². The van der Waals surface area contributed by atoms with Crippen molar-refractivity contribution in [2.45, 2.75) is 32.2 Å². The molecule has 0 aliphatic carbocycles. The van der Waals surface area contributed by atoms with Gasteiger partial charge in [0.05, 0.1) is 19.8 Å². The summed E-state index contributed by atoms with van der Waals surface area (Å²) in [5, 5.41) is 4.17. The van der Waals surface area contributed by atoms with Gasteiger partial charge in [0.2, 0.25) is 0 Å². The smallest absolute Gasteiger partial charge is 0.357 e. The van der Waals surface area contributed by atoms with Gasteiger partial charge in [0.1, 0.15) is 5.60 Å². The fourth-order valence-electron chi connectivity index (χ4n) is 2.95. The molecule has 0 radical (unpaired) electrons. The van der Waals surface area contributed by atoms with Crippen molar-refractivity contribution in [2.75, 3.05) is 25.1 Å². The number of nitrogens with one attached hydrogen (secondary N) is 1. The third kappa shape index (κ3) is 4.73. The lowest BCUT2D eigenvalue weighted by Gasteiger charge is -2.29. The number of epoxide rings is 1. The lowest BCUT2D eigenvalue weighted by Crippen LogP contribution is -2.16. The summed E-state index contributed by atoms with van der Waals surface area (Å²) in [7, 11) is -3.55. The van der Waals surface area contributed by atoms with Gasteiger partial charge in [-0.25, -0.2) is 0 Å². The Labute approximate surface area is 175 Å². The lowest BCUT2D eigenvalue weighted by atomic mass is 10.0. The molecular weight excluding hydrogens is 420 g/mol. The summed E-state index contributed by atoms with van der Waals surface area (Å²) < 4.78 is 30.2.